The molecule has 2 aromatic carbocycles. The average Bonchev–Trinajstić information content (AvgIpc) is 2.83. The van der Waals surface area contributed by atoms with Gasteiger partial charge < -0.3 is 5.32 Å². The molecule has 0 spiro atoms. The van der Waals surface area contributed by atoms with Crippen molar-refractivity contribution in [3.63, 3.8) is 0 Å². The fraction of sp³-hybridized carbons (Fsp3) is 0.346. The number of aromatic nitrogens is 2. The van der Waals surface area contributed by atoms with Crippen molar-refractivity contribution in [1.82, 2.24) is 14.9 Å². The number of fused-ring (bicyclic) bond motifs is 1. The lowest BCUT2D eigenvalue weighted by Crippen LogP contribution is -2.33. The summed E-state index contributed by atoms with van der Waals surface area (Å²) in [4.78, 5) is 30.8. The quantitative estimate of drug-likeness (QED) is 0.259. The highest BCUT2D eigenvalue weighted by Gasteiger charge is 2.19. The largest absolute Gasteiger partial charge is 0.355 e. The molecule has 1 amide bonds. The molecule has 33 heavy (non-hydrogen) atoms. The van der Waals surface area contributed by atoms with Crippen LogP contribution < -0.4 is 10.9 Å². The molecule has 5 nitrogen and oxygen atoms in total. The molecule has 0 fully saturated rings. The van der Waals surface area contributed by atoms with Crippen LogP contribution in [0.25, 0.3) is 10.9 Å². The van der Waals surface area contributed by atoms with Crippen LogP contribution in [0.5, 0.6) is 0 Å². The molecule has 7 heteroatoms. The van der Waals surface area contributed by atoms with Crippen LogP contribution in [0.15, 0.2) is 70.1 Å². The standard InChI is InChI=1S/C26H28ClN3O2S/c1-18(24(31)28-16-15-19-7-3-2-4-8-19)33-26-29-23-10-6-5-9-22(23)25(32)30(26)17-20-11-13-21(27)14-12-20/h5-7,9-14,18H,2-4,8,15-17H2,1H3,(H,28,31)/t18-/m0/s1. The number of hydrogen-bond acceptors (Lipinski definition) is 4. The number of amides is 1. The Morgan fingerprint density at radius 3 is 2.73 bits per heavy atom. The van der Waals surface area contributed by atoms with E-state index < -0.39 is 0 Å². The molecule has 1 aliphatic carbocycles. The molecule has 0 aliphatic heterocycles. The number of carbonyl (C=O) groups excluding carboxylic acids is 1. The first-order valence-corrected chi connectivity index (χ1v) is 12.6. The fourth-order valence-electron chi connectivity index (χ4n) is 3.98. The topological polar surface area (TPSA) is 64.0 Å². The second kappa shape index (κ2) is 11.0. The maximum Gasteiger partial charge on any atom is 0.262 e. The summed E-state index contributed by atoms with van der Waals surface area (Å²) >= 11 is 7.33. The van der Waals surface area contributed by atoms with E-state index in [4.69, 9.17) is 16.6 Å². The summed E-state index contributed by atoms with van der Waals surface area (Å²) in [5.41, 5.74) is 2.90. The van der Waals surface area contributed by atoms with E-state index in [1.165, 1.54) is 30.2 Å². The van der Waals surface area contributed by atoms with Gasteiger partial charge in [-0.3, -0.25) is 14.2 Å². The maximum absolute atomic E-state index is 13.3. The van der Waals surface area contributed by atoms with Crippen LogP contribution in [0.1, 0.15) is 44.6 Å². The summed E-state index contributed by atoms with van der Waals surface area (Å²) in [6.45, 7) is 2.85. The number of halogens is 1. The van der Waals surface area contributed by atoms with Gasteiger partial charge in [0.2, 0.25) is 5.91 Å². The van der Waals surface area contributed by atoms with E-state index in [1.807, 2.05) is 37.3 Å². The van der Waals surface area contributed by atoms with Gasteiger partial charge in [0, 0.05) is 11.6 Å². The Labute approximate surface area is 203 Å². The van der Waals surface area contributed by atoms with Gasteiger partial charge in [-0.1, -0.05) is 59.3 Å². The van der Waals surface area contributed by atoms with Gasteiger partial charge in [0.1, 0.15) is 0 Å². The highest BCUT2D eigenvalue weighted by Crippen LogP contribution is 2.24. The zero-order valence-electron chi connectivity index (χ0n) is 18.7. The Hall–Kier alpha value is -2.57. The Morgan fingerprint density at radius 2 is 1.97 bits per heavy atom. The third-order valence-electron chi connectivity index (χ3n) is 5.86. The van der Waals surface area contributed by atoms with Gasteiger partial charge in [0.25, 0.3) is 5.56 Å². The first-order valence-electron chi connectivity index (χ1n) is 11.4. The highest BCUT2D eigenvalue weighted by molar-refractivity contribution is 8.00. The number of thioether (sulfide) groups is 1. The van der Waals surface area contributed by atoms with Crippen molar-refractivity contribution in [2.75, 3.05) is 6.54 Å². The van der Waals surface area contributed by atoms with Gasteiger partial charge in [-0.05, 0) is 68.9 Å². The molecule has 1 aliphatic rings. The number of carbonyl (C=O) groups is 1. The molecule has 3 aromatic rings. The molecule has 4 rings (SSSR count). The first-order chi connectivity index (χ1) is 16.0. The minimum atomic E-state index is -0.380. The highest BCUT2D eigenvalue weighted by atomic mass is 35.5. The van der Waals surface area contributed by atoms with Crippen LogP contribution in [0, 0.1) is 0 Å². The number of nitrogens with one attached hydrogen (secondary N) is 1. The van der Waals surface area contributed by atoms with E-state index in [-0.39, 0.29) is 16.7 Å². The van der Waals surface area contributed by atoms with Crippen molar-refractivity contribution in [1.29, 1.82) is 0 Å². The molecule has 0 saturated heterocycles. The zero-order valence-corrected chi connectivity index (χ0v) is 20.3. The van der Waals surface area contributed by atoms with Crippen molar-refractivity contribution in [3.8, 4) is 0 Å². The number of allylic oxidation sites excluding steroid dienone is 1. The van der Waals surface area contributed by atoms with Crippen LogP contribution in [-0.4, -0.2) is 27.3 Å². The molecular weight excluding hydrogens is 454 g/mol. The van der Waals surface area contributed by atoms with Gasteiger partial charge >= 0.3 is 0 Å². The van der Waals surface area contributed by atoms with Crippen molar-refractivity contribution in [3.05, 3.63) is 81.1 Å². The van der Waals surface area contributed by atoms with Gasteiger partial charge in [-0.2, -0.15) is 0 Å². The Balaban J connectivity index is 1.52. The summed E-state index contributed by atoms with van der Waals surface area (Å²) < 4.78 is 1.65. The predicted octanol–water partition coefficient (Wildman–Crippen LogP) is 5.59. The van der Waals surface area contributed by atoms with Crippen molar-refractivity contribution >= 4 is 40.2 Å². The van der Waals surface area contributed by atoms with Crippen LogP contribution in [-0.2, 0) is 11.3 Å². The first kappa shape index (κ1) is 23.6. The molecule has 172 valence electrons. The van der Waals surface area contributed by atoms with Gasteiger partial charge in [-0.25, -0.2) is 4.98 Å². The van der Waals surface area contributed by atoms with E-state index in [0.717, 1.165) is 24.8 Å². The minimum Gasteiger partial charge on any atom is -0.355 e. The second-order valence-corrected chi connectivity index (χ2v) is 10.1. The third kappa shape index (κ3) is 6.06. The van der Waals surface area contributed by atoms with Gasteiger partial charge in [0.15, 0.2) is 5.16 Å². The second-order valence-electron chi connectivity index (χ2n) is 8.34. The van der Waals surface area contributed by atoms with Crippen molar-refractivity contribution < 1.29 is 4.79 Å². The molecule has 1 atom stereocenters. The number of para-hydroxylation sites is 1. The van der Waals surface area contributed by atoms with Gasteiger partial charge in [0.05, 0.1) is 22.7 Å². The number of hydrogen-bond donors (Lipinski definition) is 1. The van der Waals surface area contributed by atoms with Crippen molar-refractivity contribution in [2.45, 2.75) is 56.0 Å². The van der Waals surface area contributed by atoms with E-state index in [0.29, 0.717) is 34.2 Å². The molecule has 1 heterocycles. The summed E-state index contributed by atoms with van der Waals surface area (Å²) in [7, 11) is 0. The molecule has 0 unspecified atom stereocenters. The van der Waals surface area contributed by atoms with Crippen LogP contribution in [0.4, 0.5) is 0 Å². The lowest BCUT2D eigenvalue weighted by Gasteiger charge is -2.17. The fourth-order valence-corrected chi connectivity index (χ4v) is 5.04. The lowest BCUT2D eigenvalue weighted by atomic mass is 9.97. The summed E-state index contributed by atoms with van der Waals surface area (Å²) in [5, 5.41) is 4.41. The Bertz CT molecular complexity index is 1220. The van der Waals surface area contributed by atoms with Crippen LogP contribution in [0.2, 0.25) is 5.02 Å². The van der Waals surface area contributed by atoms with E-state index in [2.05, 4.69) is 11.4 Å². The predicted molar refractivity (Wildman–Crippen MR) is 136 cm³/mol. The monoisotopic (exact) mass is 481 g/mol. The molecule has 0 saturated carbocycles. The summed E-state index contributed by atoms with van der Waals surface area (Å²) in [6.07, 6.45) is 8.00. The zero-order chi connectivity index (χ0) is 23.2. The van der Waals surface area contributed by atoms with E-state index in [1.54, 1.807) is 22.8 Å². The van der Waals surface area contributed by atoms with Crippen LogP contribution in [0.3, 0.4) is 0 Å². The molecular formula is C26H28ClN3O2S. The van der Waals surface area contributed by atoms with Crippen molar-refractivity contribution in [2.24, 2.45) is 0 Å². The normalized spacial score (nSPS) is 14.7. The maximum atomic E-state index is 13.3. The minimum absolute atomic E-state index is 0.0446. The average molecular weight is 482 g/mol. The molecule has 1 N–H and O–H groups in total. The third-order valence-corrected chi connectivity index (χ3v) is 7.20. The summed E-state index contributed by atoms with van der Waals surface area (Å²) in [5.74, 6) is -0.0446. The number of nitrogens with zero attached hydrogens (tertiary/aromatic N) is 2. The lowest BCUT2D eigenvalue weighted by molar-refractivity contribution is -0.120. The molecule has 0 radical (unpaired) electrons. The van der Waals surface area contributed by atoms with E-state index in [9.17, 15) is 9.59 Å². The SMILES string of the molecule is C[C@H](Sc1nc2ccccc2c(=O)n1Cc1ccc(Cl)cc1)C(=O)NCCC1=CCCCC1. The Morgan fingerprint density at radius 1 is 1.18 bits per heavy atom. The van der Waals surface area contributed by atoms with E-state index >= 15 is 0 Å². The number of rotatable bonds is 8. The molecule has 1 aromatic heterocycles. The van der Waals surface area contributed by atoms with Gasteiger partial charge in [-0.15, -0.1) is 0 Å². The summed E-state index contributed by atoms with van der Waals surface area (Å²) in [6, 6.07) is 14.7. The Kier molecular flexibility index (Phi) is 7.89. The van der Waals surface area contributed by atoms with Crippen LogP contribution >= 0.6 is 23.4 Å². The number of benzene rings is 2. The molecule has 0 bridgehead atoms. The smallest absolute Gasteiger partial charge is 0.262 e.